The van der Waals surface area contributed by atoms with E-state index < -0.39 is 10.0 Å². The van der Waals surface area contributed by atoms with Gasteiger partial charge in [-0.05, 0) is 55.9 Å². The number of carbonyl (C=O) groups is 1. The minimum absolute atomic E-state index is 0.0538. The molecule has 3 heterocycles. The number of thiophene rings is 1. The van der Waals surface area contributed by atoms with Gasteiger partial charge in [0, 0.05) is 29.9 Å². The van der Waals surface area contributed by atoms with Gasteiger partial charge in [0.25, 0.3) is 5.91 Å². The second-order valence-corrected chi connectivity index (χ2v) is 10.6. The zero-order valence-electron chi connectivity index (χ0n) is 14.8. The van der Waals surface area contributed by atoms with E-state index in [1.54, 1.807) is 17.5 Å². The van der Waals surface area contributed by atoms with E-state index in [1.807, 2.05) is 4.90 Å². The molecule has 2 N–H and O–H groups in total. The highest BCUT2D eigenvalue weighted by Crippen LogP contribution is 2.39. The predicted octanol–water partition coefficient (Wildman–Crippen LogP) is 1.93. The van der Waals surface area contributed by atoms with Crippen molar-refractivity contribution in [1.29, 1.82) is 0 Å². The van der Waals surface area contributed by atoms with Crippen molar-refractivity contribution in [3.8, 4) is 0 Å². The molecule has 0 spiro atoms. The monoisotopic (exact) mass is 406 g/mol. The number of nitrogens with one attached hydrogen (secondary N) is 2. The lowest BCUT2D eigenvalue weighted by molar-refractivity contribution is 0.0670. The van der Waals surface area contributed by atoms with Gasteiger partial charge >= 0.3 is 0 Å². The molecule has 144 valence electrons. The molecular formula is C18H22N4O3S2. The van der Waals surface area contributed by atoms with Crippen LogP contribution in [0.15, 0.2) is 21.7 Å². The highest BCUT2D eigenvalue weighted by molar-refractivity contribution is 7.91. The Balaban J connectivity index is 1.36. The van der Waals surface area contributed by atoms with Crippen LogP contribution >= 0.6 is 11.3 Å². The van der Waals surface area contributed by atoms with Gasteiger partial charge in [-0.15, -0.1) is 11.3 Å². The number of H-pyrrole nitrogens is 1. The molecule has 2 aromatic rings. The number of aromatic amines is 1. The van der Waals surface area contributed by atoms with Crippen LogP contribution in [0.3, 0.4) is 0 Å². The lowest BCUT2D eigenvalue weighted by Crippen LogP contribution is -2.52. The predicted molar refractivity (Wildman–Crippen MR) is 101 cm³/mol. The smallest absolute Gasteiger partial charge is 0.274 e. The van der Waals surface area contributed by atoms with Crippen molar-refractivity contribution < 1.29 is 13.2 Å². The van der Waals surface area contributed by atoms with E-state index in [4.69, 9.17) is 0 Å². The highest BCUT2D eigenvalue weighted by atomic mass is 32.2. The Morgan fingerprint density at radius 2 is 2.15 bits per heavy atom. The molecule has 27 heavy (non-hydrogen) atoms. The van der Waals surface area contributed by atoms with Crippen molar-refractivity contribution in [2.24, 2.45) is 5.92 Å². The first-order valence-electron chi connectivity index (χ1n) is 9.46. The summed E-state index contributed by atoms with van der Waals surface area (Å²) < 4.78 is 28.4. The Bertz CT molecular complexity index is 967. The molecule has 7 nitrogen and oxygen atoms in total. The quantitative estimate of drug-likeness (QED) is 0.811. The minimum Gasteiger partial charge on any atom is -0.332 e. The second kappa shape index (κ2) is 6.42. The van der Waals surface area contributed by atoms with Crippen LogP contribution < -0.4 is 4.72 Å². The van der Waals surface area contributed by atoms with Crippen LogP contribution in [0.25, 0.3) is 0 Å². The molecule has 9 heteroatoms. The van der Waals surface area contributed by atoms with Crippen LogP contribution in [0.2, 0.25) is 0 Å². The van der Waals surface area contributed by atoms with Gasteiger partial charge in [-0.2, -0.15) is 5.10 Å². The molecule has 0 aromatic carbocycles. The van der Waals surface area contributed by atoms with E-state index in [1.165, 1.54) is 11.3 Å². The molecule has 1 saturated heterocycles. The van der Waals surface area contributed by atoms with Crippen LogP contribution in [0.1, 0.15) is 47.4 Å². The van der Waals surface area contributed by atoms with E-state index in [-0.39, 0.29) is 18.0 Å². The normalized spacial score (nSPS) is 27.1. The fourth-order valence-electron chi connectivity index (χ4n) is 4.85. The maximum absolute atomic E-state index is 13.2. The number of amides is 1. The fraction of sp³-hybridized carbons (Fsp3) is 0.556. The van der Waals surface area contributed by atoms with E-state index in [2.05, 4.69) is 14.9 Å². The van der Waals surface area contributed by atoms with Crippen molar-refractivity contribution in [1.82, 2.24) is 19.8 Å². The van der Waals surface area contributed by atoms with Gasteiger partial charge in [0.2, 0.25) is 10.0 Å². The van der Waals surface area contributed by atoms with E-state index in [0.717, 1.165) is 49.8 Å². The summed E-state index contributed by atoms with van der Waals surface area (Å²) in [5.41, 5.74) is 2.69. The summed E-state index contributed by atoms with van der Waals surface area (Å²) in [5.74, 6) is 0.298. The molecule has 1 amide bonds. The molecule has 0 radical (unpaired) electrons. The number of hydrogen-bond donors (Lipinski definition) is 2. The lowest BCUT2D eigenvalue weighted by Gasteiger charge is -2.33. The molecule has 5 rings (SSSR count). The number of rotatable bonds is 4. The first-order valence-corrected chi connectivity index (χ1v) is 11.8. The van der Waals surface area contributed by atoms with Crippen LogP contribution in [0.5, 0.6) is 0 Å². The third-order valence-electron chi connectivity index (χ3n) is 6.07. The van der Waals surface area contributed by atoms with Crippen LogP contribution in [0.4, 0.5) is 0 Å². The number of aromatic nitrogens is 2. The first kappa shape index (κ1) is 17.4. The largest absolute Gasteiger partial charge is 0.332 e. The van der Waals surface area contributed by atoms with Gasteiger partial charge in [-0.25, -0.2) is 13.1 Å². The number of hydrogen-bond acceptors (Lipinski definition) is 5. The summed E-state index contributed by atoms with van der Waals surface area (Å²) in [6.45, 7) is 0.697. The van der Waals surface area contributed by atoms with E-state index >= 15 is 0 Å². The van der Waals surface area contributed by atoms with Gasteiger partial charge in [0.05, 0.1) is 0 Å². The zero-order valence-corrected chi connectivity index (χ0v) is 16.5. The molecule has 2 fully saturated rings. The van der Waals surface area contributed by atoms with E-state index in [9.17, 15) is 13.2 Å². The van der Waals surface area contributed by atoms with Crippen LogP contribution in [-0.4, -0.2) is 48.1 Å². The number of likely N-dealkylation sites (tertiary alicyclic amines) is 1. The molecule has 0 unspecified atom stereocenters. The summed E-state index contributed by atoms with van der Waals surface area (Å²) in [6, 6.07) is 3.03. The Kier molecular flexibility index (Phi) is 4.14. The summed E-state index contributed by atoms with van der Waals surface area (Å²) in [7, 11) is -3.53. The lowest BCUT2D eigenvalue weighted by atomic mass is 9.95. The molecule has 2 aliphatic carbocycles. The summed E-state index contributed by atoms with van der Waals surface area (Å²) in [4.78, 5) is 15.0. The number of piperidine rings is 1. The van der Waals surface area contributed by atoms with Gasteiger partial charge in [0.1, 0.15) is 4.21 Å². The van der Waals surface area contributed by atoms with Gasteiger partial charge < -0.3 is 4.90 Å². The molecule has 2 aromatic heterocycles. The van der Waals surface area contributed by atoms with Crippen molar-refractivity contribution in [2.45, 2.75) is 54.8 Å². The SMILES string of the molecule is O=C(c1n[nH]c2c1CCCC2)N1C[C@@H]2C[C@H](NS(=O)(=O)c3cccs3)[C@H]1C2. The Labute approximate surface area is 162 Å². The fourth-order valence-corrected chi connectivity index (χ4v) is 7.14. The van der Waals surface area contributed by atoms with Crippen molar-refractivity contribution >= 4 is 27.3 Å². The molecule has 1 aliphatic heterocycles. The molecule has 1 saturated carbocycles. The molecule has 2 bridgehead atoms. The van der Waals surface area contributed by atoms with Crippen molar-refractivity contribution in [3.63, 3.8) is 0 Å². The Morgan fingerprint density at radius 3 is 2.93 bits per heavy atom. The topological polar surface area (TPSA) is 95.2 Å². The number of aryl methyl sites for hydroxylation is 1. The second-order valence-electron chi connectivity index (χ2n) is 7.76. The third kappa shape index (κ3) is 2.92. The third-order valence-corrected chi connectivity index (χ3v) is 8.96. The van der Waals surface area contributed by atoms with Gasteiger partial charge in [0.15, 0.2) is 5.69 Å². The highest BCUT2D eigenvalue weighted by Gasteiger charge is 2.49. The maximum atomic E-state index is 13.2. The Morgan fingerprint density at radius 1 is 1.30 bits per heavy atom. The van der Waals surface area contributed by atoms with Gasteiger partial charge in [-0.3, -0.25) is 9.89 Å². The molecule has 3 atom stereocenters. The van der Waals surface area contributed by atoms with E-state index in [0.29, 0.717) is 22.4 Å². The van der Waals surface area contributed by atoms with Crippen molar-refractivity contribution in [2.75, 3.05) is 6.54 Å². The Hall–Kier alpha value is -1.71. The number of fused-ring (bicyclic) bond motifs is 3. The van der Waals surface area contributed by atoms with Gasteiger partial charge in [-0.1, -0.05) is 6.07 Å². The average molecular weight is 407 g/mol. The summed E-state index contributed by atoms with van der Waals surface area (Å²) in [6.07, 6.45) is 5.70. The molecule has 3 aliphatic rings. The van der Waals surface area contributed by atoms with Crippen molar-refractivity contribution in [3.05, 3.63) is 34.5 Å². The summed E-state index contributed by atoms with van der Waals surface area (Å²) in [5, 5.41) is 9.10. The van der Waals surface area contributed by atoms with Crippen LogP contribution in [-0.2, 0) is 22.9 Å². The standard InChI is InChI=1S/C18H22N4O3S2/c23-18(17-12-4-1-2-5-13(12)19-20-17)22-10-11-8-14(15(22)9-11)21-27(24,25)16-6-3-7-26-16/h3,6-7,11,14-15,21H,1-2,4-5,8-10H2,(H,19,20)/t11-,14+,15-/m1/s1. The average Bonchev–Trinajstić information content (AvgIpc) is 3.42. The number of nitrogens with zero attached hydrogens (tertiary/aromatic N) is 2. The number of carbonyl (C=O) groups excluding carboxylic acids is 1. The maximum Gasteiger partial charge on any atom is 0.274 e. The van der Waals surface area contributed by atoms with Crippen LogP contribution in [0, 0.1) is 5.92 Å². The number of sulfonamides is 1. The zero-order chi connectivity index (χ0) is 18.6. The molecular weight excluding hydrogens is 384 g/mol. The first-order chi connectivity index (χ1) is 13.0. The summed E-state index contributed by atoms with van der Waals surface area (Å²) >= 11 is 1.21. The minimum atomic E-state index is -3.53.